The molecule has 1 aliphatic rings. The van der Waals surface area contributed by atoms with Crippen molar-refractivity contribution in [3.63, 3.8) is 0 Å². The van der Waals surface area contributed by atoms with Gasteiger partial charge in [-0.2, -0.15) is 0 Å². The van der Waals surface area contributed by atoms with E-state index in [0.29, 0.717) is 6.54 Å². The van der Waals surface area contributed by atoms with Crippen LogP contribution >= 0.6 is 35.3 Å². The van der Waals surface area contributed by atoms with E-state index in [1.165, 1.54) is 32.5 Å². The Balaban J connectivity index is 0.00000280. The van der Waals surface area contributed by atoms with E-state index in [1.807, 2.05) is 25.2 Å². The van der Waals surface area contributed by atoms with Crippen LogP contribution in [0.25, 0.3) is 11.3 Å². The average molecular weight is 513 g/mol. The van der Waals surface area contributed by atoms with Gasteiger partial charge in [0.05, 0.1) is 12.2 Å². The van der Waals surface area contributed by atoms with Crippen LogP contribution in [0.15, 0.2) is 40.7 Å². The van der Waals surface area contributed by atoms with E-state index < -0.39 is 0 Å². The molecule has 0 atom stereocenters. The van der Waals surface area contributed by atoms with E-state index in [0.717, 1.165) is 41.1 Å². The van der Waals surface area contributed by atoms with Gasteiger partial charge in [-0.3, -0.25) is 4.99 Å². The number of rotatable bonds is 7. The van der Waals surface area contributed by atoms with Gasteiger partial charge in [-0.15, -0.1) is 35.3 Å². The van der Waals surface area contributed by atoms with E-state index in [9.17, 15) is 0 Å². The molecule has 2 N–H and O–H groups in total. The molecule has 5 nitrogen and oxygen atoms in total. The predicted octanol–water partition coefficient (Wildman–Crippen LogP) is 4.22. The molecule has 0 aliphatic carbocycles. The molecule has 2 heterocycles. The Morgan fingerprint density at radius 3 is 2.68 bits per heavy atom. The molecule has 0 unspecified atom stereocenters. The molecule has 1 saturated heterocycles. The number of halogens is 1. The molecule has 1 aliphatic heterocycles. The van der Waals surface area contributed by atoms with Crippen molar-refractivity contribution in [3.05, 3.63) is 40.7 Å². The van der Waals surface area contributed by atoms with Crippen LogP contribution < -0.4 is 10.6 Å². The maximum atomic E-state index is 4.72. The van der Waals surface area contributed by atoms with Crippen molar-refractivity contribution in [3.8, 4) is 11.3 Å². The standard InChI is InChI=1S/C21H31N5S.HI/c1-17-9-13-26(14-10-17)12-6-11-23-21(22-2)24-15-20-25-19(16-27-20)18-7-4-3-5-8-18;/h3-5,7-8,16-17H,6,9-15H2,1-2H3,(H2,22,23,24);1H. The second kappa shape index (κ2) is 12.4. The van der Waals surface area contributed by atoms with Gasteiger partial charge in [-0.25, -0.2) is 4.98 Å². The Kier molecular flexibility index (Phi) is 10.2. The molecule has 7 heteroatoms. The summed E-state index contributed by atoms with van der Waals surface area (Å²) in [6.07, 6.45) is 3.83. The van der Waals surface area contributed by atoms with Gasteiger partial charge < -0.3 is 15.5 Å². The van der Waals surface area contributed by atoms with Crippen LogP contribution in [0, 0.1) is 5.92 Å². The van der Waals surface area contributed by atoms with Crippen LogP contribution in [0.3, 0.4) is 0 Å². The van der Waals surface area contributed by atoms with E-state index in [-0.39, 0.29) is 24.0 Å². The van der Waals surface area contributed by atoms with Crippen molar-refractivity contribution >= 4 is 41.3 Å². The Labute approximate surface area is 190 Å². The fourth-order valence-electron chi connectivity index (χ4n) is 3.31. The van der Waals surface area contributed by atoms with Crippen LogP contribution in [0.2, 0.25) is 0 Å². The van der Waals surface area contributed by atoms with Crippen molar-refractivity contribution in [2.45, 2.75) is 32.7 Å². The largest absolute Gasteiger partial charge is 0.356 e. The zero-order valence-corrected chi connectivity index (χ0v) is 20.0. The summed E-state index contributed by atoms with van der Waals surface area (Å²) in [7, 11) is 1.82. The van der Waals surface area contributed by atoms with Gasteiger partial charge in [0.15, 0.2) is 5.96 Å². The van der Waals surface area contributed by atoms with Crippen LogP contribution in [-0.2, 0) is 6.54 Å². The van der Waals surface area contributed by atoms with Crippen LogP contribution in [-0.4, -0.2) is 49.1 Å². The molecular weight excluding hydrogens is 481 g/mol. The summed E-state index contributed by atoms with van der Waals surface area (Å²) in [4.78, 5) is 11.6. The maximum absolute atomic E-state index is 4.72. The predicted molar refractivity (Wildman–Crippen MR) is 131 cm³/mol. The lowest BCUT2D eigenvalue weighted by Crippen LogP contribution is -2.39. The van der Waals surface area contributed by atoms with E-state index >= 15 is 0 Å². The summed E-state index contributed by atoms with van der Waals surface area (Å²) >= 11 is 1.68. The van der Waals surface area contributed by atoms with Crippen molar-refractivity contribution in [2.24, 2.45) is 10.9 Å². The Morgan fingerprint density at radius 2 is 1.96 bits per heavy atom. The third-order valence-corrected chi connectivity index (χ3v) is 5.92. The Bertz CT molecular complexity index is 711. The topological polar surface area (TPSA) is 52.6 Å². The second-order valence-corrected chi connectivity index (χ2v) is 8.17. The number of benzene rings is 1. The van der Waals surface area contributed by atoms with E-state index in [2.05, 4.69) is 45.0 Å². The molecule has 1 aromatic heterocycles. The van der Waals surface area contributed by atoms with Gasteiger partial charge >= 0.3 is 0 Å². The van der Waals surface area contributed by atoms with E-state index in [4.69, 9.17) is 4.98 Å². The van der Waals surface area contributed by atoms with Gasteiger partial charge in [-0.05, 0) is 44.8 Å². The third kappa shape index (κ3) is 7.33. The lowest BCUT2D eigenvalue weighted by atomic mass is 9.99. The maximum Gasteiger partial charge on any atom is 0.191 e. The van der Waals surface area contributed by atoms with Crippen LogP contribution in [0.1, 0.15) is 31.2 Å². The molecule has 0 spiro atoms. The number of aromatic nitrogens is 1. The quantitative estimate of drug-likeness (QED) is 0.252. The van der Waals surface area contributed by atoms with Gasteiger partial charge in [0.2, 0.25) is 0 Å². The third-order valence-electron chi connectivity index (χ3n) is 5.07. The molecule has 28 heavy (non-hydrogen) atoms. The SMILES string of the molecule is CN=C(NCCCN1CCC(C)CC1)NCc1nc(-c2ccccc2)cs1.I. The summed E-state index contributed by atoms with van der Waals surface area (Å²) in [5, 5.41) is 9.97. The van der Waals surface area contributed by atoms with Crippen molar-refractivity contribution in [2.75, 3.05) is 33.2 Å². The zero-order valence-electron chi connectivity index (χ0n) is 16.9. The fourth-order valence-corrected chi connectivity index (χ4v) is 4.05. The molecule has 1 aromatic carbocycles. The first-order valence-electron chi connectivity index (χ1n) is 9.91. The molecule has 0 radical (unpaired) electrons. The summed E-state index contributed by atoms with van der Waals surface area (Å²) in [6.45, 7) is 7.67. The van der Waals surface area contributed by atoms with Gasteiger partial charge in [0.25, 0.3) is 0 Å². The fraction of sp³-hybridized carbons (Fsp3) is 0.524. The number of thiazole rings is 1. The number of guanidine groups is 1. The van der Waals surface area contributed by atoms with Crippen molar-refractivity contribution < 1.29 is 0 Å². The molecular formula is C21H32IN5S. The molecule has 0 saturated carbocycles. The highest BCUT2D eigenvalue weighted by Crippen LogP contribution is 2.21. The van der Waals surface area contributed by atoms with Crippen LogP contribution in [0.5, 0.6) is 0 Å². The minimum absolute atomic E-state index is 0. The smallest absolute Gasteiger partial charge is 0.191 e. The number of aliphatic imine (C=N–C) groups is 1. The summed E-state index contributed by atoms with van der Waals surface area (Å²) in [5.74, 6) is 1.74. The number of likely N-dealkylation sites (tertiary alicyclic amines) is 1. The minimum Gasteiger partial charge on any atom is -0.356 e. The average Bonchev–Trinajstić information content (AvgIpc) is 3.18. The molecule has 0 amide bonds. The number of hydrogen-bond acceptors (Lipinski definition) is 4. The summed E-state index contributed by atoms with van der Waals surface area (Å²) in [6, 6.07) is 10.3. The molecule has 2 aromatic rings. The van der Waals surface area contributed by atoms with Crippen molar-refractivity contribution in [1.29, 1.82) is 0 Å². The summed E-state index contributed by atoms with van der Waals surface area (Å²) < 4.78 is 0. The molecule has 1 fully saturated rings. The lowest BCUT2D eigenvalue weighted by Gasteiger charge is -2.30. The molecule has 154 valence electrons. The zero-order chi connectivity index (χ0) is 18.9. The number of nitrogens with one attached hydrogen (secondary N) is 2. The van der Waals surface area contributed by atoms with Crippen molar-refractivity contribution in [1.82, 2.24) is 20.5 Å². The number of piperidine rings is 1. The number of nitrogens with zero attached hydrogens (tertiary/aromatic N) is 3. The normalized spacial score (nSPS) is 15.9. The minimum atomic E-state index is 0. The first kappa shape index (κ1) is 23.1. The highest BCUT2D eigenvalue weighted by atomic mass is 127. The first-order chi connectivity index (χ1) is 13.2. The highest BCUT2D eigenvalue weighted by Gasteiger charge is 2.14. The molecule has 3 rings (SSSR count). The Morgan fingerprint density at radius 1 is 1.21 bits per heavy atom. The Hall–Kier alpha value is -1.19. The van der Waals surface area contributed by atoms with Crippen LogP contribution in [0.4, 0.5) is 0 Å². The highest BCUT2D eigenvalue weighted by molar-refractivity contribution is 14.0. The van der Waals surface area contributed by atoms with Gasteiger partial charge in [0, 0.05) is 24.5 Å². The van der Waals surface area contributed by atoms with Gasteiger partial charge in [0.1, 0.15) is 5.01 Å². The number of hydrogen-bond donors (Lipinski definition) is 2. The van der Waals surface area contributed by atoms with E-state index in [1.54, 1.807) is 11.3 Å². The second-order valence-electron chi connectivity index (χ2n) is 7.22. The first-order valence-corrected chi connectivity index (χ1v) is 10.8. The lowest BCUT2D eigenvalue weighted by molar-refractivity contribution is 0.191. The summed E-state index contributed by atoms with van der Waals surface area (Å²) in [5.41, 5.74) is 2.20. The monoisotopic (exact) mass is 513 g/mol. The van der Waals surface area contributed by atoms with Gasteiger partial charge in [-0.1, -0.05) is 37.3 Å². The molecule has 0 bridgehead atoms.